The fourth-order valence-electron chi connectivity index (χ4n) is 3.00. The van der Waals surface area contributed by atoms with Crippen LogP contribution in [0.5, 0.6) is 5.75 Å². The van der Waals surface area contributed by atoms with Gasteiger partial charge in [0.1, 0.15) is 11.4 Å². The summed E-state index contributed by atoms with van der Waals surface area (Å²) in [5.41, 5.74) is 12.3. The number of hydrogen-bond donors (Lipinski definition) is 3. The van der Waals surface area contributed by atoms with Gasteiger partial charge in [-0.25, -0.2) is 14.3 Å². The van der Waals surface area contributed by atoms with Crippen LogP contribution < -0.4 is 21.5 Å². The number of carbonyl (C=O) groups is 3. The van der Waals surface area contributed by atoms with Crippen LogP contribution in [0, 0.1) is 0 Å². The molecule has 0 aliphatic rings. The number of carbonyl (C=O) groups excluding carboxylic acids is 3. The summed E-state index contributed by atoms with van der Waals surface area (Å²) >= 11 is 0. The zero-order valence-corrected chi connectivity index (χ0v) is 18.5. The molecular formula is C23H25N5O5. The summed E-state index contributed by atoms with van der Waals surface area (Å²) in [6, 6.07) is 13.7. The van der Waals surface area contributed by atoms with Crippen LogP contribution in [0.2, 0.25) is 0 Å². The lowest BCUT2D eigenvalue weighted by Gasteiger charge is -2.19. The van der Waals surface area contributed by atoms with E-state index in [4.69, 9.17) is 20.9 Å². The van der Waals surface area contributed by atoms with E-state index in [1.165, 1.54) is 10.9 Å². The molecule has 172 valence electrons. The predicted molar refractivity (Wildman–Crippen MR) is 122 cm³/mol. The van der Waals surface area contributed by atoms with Crippen molar-refractivity contribution in [2.45, 2.75) is 26.4 Å². The Morgan fingerprint density at radius 1 is 1.03 bits per heavy atom. The van der Waals surface area contributed by atoms with Gasteiger partial charge in [0.15, 0.2) is 12.3 Å². The first-order valence-corrected chi connectivity index (χ1v) is 10.0. The van der Waals surface area contributed by atoms with Gasteiger partial charge in [0.25, 0.3) is 5.91 Å². The van der Waals surface area contributed by atoms with Crippen molar-refractivity contribution < 1.29 is 23.9 Å². The van der Waals surface area contributed by atoms with Crippen molar-refractivity contribution in [3.8, 4) is 22.6 Å². The van der Waals surface area contributed by atoms with E-state index in [0.29, 0.717) is 11.4 Å². The highest BCUT2D eigenvalue weighted by Crippen LogP contribution is 2.26. The number of aromatic nitrogens is 2. The van der Waals surface area contributed by atoms with Crippen LogP contribution in [0.25, 0.3) is 16.8 Å². The Hall–Kier alpha value is -4.34. The summed E-state index contributed by atoms with van der Waals surface area (Å²) < 4.78 is 12.2. The molecule has 1 heterocycles. The molecule has 0 atom stereocenters. The molecule has 3 amide bonds. The first kappa shape index (κ1) is 23.3. The number of hydrogen-bond acceptors (Lipinski definition) is 6. The molecule has 0 radical (unpaired) electrons. The van der Waals surface area contributed by atoms with Crippen molar-refractivity contribution in [3.05, 3.63) is 60.4 Å². The fourth-order valence-corrected chi connectivity index (χ4v) is 3.00. The van der Waals surface area contributed by atoms with Crippen molar-refractivity contribution in [3.63, 3.8) is 0 Å². The largest absolute Gasteiger partial charge is 0.482 e. The van der Waals surface area contributed by atoms with E-state index in [0.717, 1.165) is 11.1 Å². The molecule has 0 fully saturated rings. The average molecular weight is 451 g/mol. The smallest absolute Gasteiger partial charge is 0.344 e. The Balaban J connectivity index is 1.75. The van der Waals surface area contributed by atoms with Crippen molar-refractivity contribution in [2.24, 2.45) is 11.5 Å². The van der Waals surface area contributed by atoms with E-state index >= 15 is 0 Å². The van der Waals surface area contributed by atoms with Crippen LogP contribution >= 0.6 is 0 Å². The number of benzene rings is 2. The van der Waals surface area contributed by atoms with Crippen molar-refractivity contribution in [1.82, 2.24) is 9.78 Å². The van der Waals surface area contributed by atoms with E-state index in [9.17, 15) is 14.4 Å². The molecule has 1 aromatic heterocycles. The number of ether oxygens (including phenoxy) is 2. The lowest BCUT2D eigenvalue weighted by Crippen LogP contribution is -2.27. The zero-order chi connectivity index (χ0) is 24.2. The van der Waals surface area contributed by atoms with Crippen LogP contribution in [0.15, 0.2) is 54.7 Å². The molecule has 3 aromatic rings. The predicted octanol–water partition coefficient (Wildman–Crippen LogP) is 2.85. The monoisotopic (exact) mass is 451 g/mol. The number of esters is 1. The first-order valence-electron chi connectivity index (χ1n) is 10.0. The first-order chi connectivity index (χ1) is 15.5. The van der Waals surface area contributed by atoms with Gasteiger partial charge in [0.2, 0.25) is 0 Å². The SMILES string of the molecule is CC(C)(C)OC(=O)COc1cccc(-c2ccc(-n3cc(NC(N)=O)c(C(N)=O)n3)cc2)c1. The third-order valence-corrected chi connectivity index (χ3v) is 4.28. The van der Waals surface area contributed by atoms with Crippen LogP contribution in [0.1, 0.15) is 31.3 Å². The molecule has 2 aromatic carbocycles. The van der Waals surface area contributed by atoms with Crippen molar-refractivity contribution in [1.29, 1.82) is 0 Å². The van der Waals surface area contributed by atoms with Gasteiger partial charge in [0, 0.05) is 0 Å². The molecule has 33 heavy (non-hydrogen) atoms. The van der Waals surface area contributed by atoms with E-state index in [1.807, 2.05) is 30.3 Å². The lowest BCUT2D eigenvalue weighted by molar-refractivity contribution is -0.157. The van der Waals surface area contributed by atoms with Crippen molar-refractivity contribution >= 4 is 23.6 Å². The number of anilines is 1. The third kappa shape index (κ3) is 6.33. The summed E-state index contributed by atoms with van der Waals surface area (Å²) in [4.78, 5) is 34.6. The maximum atomic E-state index is 11.9. The molecule has 0 saturated heterocycles. The molecule has 5 N–H and O–H groups in total. The van der Waals surface area contributed by atoms with E-state index < -0.39 is 23.5 Å². The van der Waals surface area contributed by atoms with Crippen LogP contribution in [0.4, 0.5) is 10.5 Å². The number of urea groups is 1. The Labute approximate surface area is 190 Å². The Bertz CT molecular complexity index is 1180. The second kappa shape index (κ2) is 9.43. The molecule has 0 bridgehead atoms. The van der Waals surface area contributed by atoms with Gasteiger partial charge >= 0.3 is 12.0 Å². The van der Waals surface area contributed by atoms with Crippen LogP contribution in [-0.4, -0.2) is 39.9 Å². The minimum atomic E-state index is -0.832. The normalized spacial score (nSPS) is 11.0. The highest BCUT2D eigenvalue weighted by Gasteiger charge is 2.17. The lowest BCUT2D eigenvalue weighted by atomic mass is 10.1. The Morgan fingerprint density at radius 3 is 2.33 bits per heavy atom. The van der Waals surface area contributed by atoms with Gasteiger partial charge in [0.05, 0.1) is 17.6 Å². The molecule has 0 unspecified atom stereocenters. The van der Waals surface area contributed by atoms with Gasteiger partial charge in [-0.05, 0) is 56.2 Å². The molecule has 0 saturated carbocycles. The average Bonchev–Trinajstić information content (AvgIpc) is 3.15. The minimum Gasteiger partial charge on any atom is -0.482 e. The summed E-state index contributed by atoms with van der Waals surface area (Å²) in [5, 5.41) is 6.45. The van der Waals surface area contributed by atoms with Gasteiger partial charge < -0.3 is 26.3 Å². The molecular weight excluding hydrogens is 426 g/mol. The number of nitrogens with one attached hydrogen (secondary N) is 1. The zero-order valence-electron chi connectivity index (χ0n) is 18.5. The summed E-state index contributed by atoms with van der Waals surface area (Å²) in [5.74, 6) is -0.711. The van der Waals surface area contributed by atoms with Crippen LogP contribution in [-0.2, 0) is 9.53 Å². The third-order valence-electron chi connectivity index (χ3n) is 4.28. The van der Waals surface area contributed by atoms with Gasteiger partial charge in [-0.2, -0.15) is 5.10 Å². The van der Waals surface area contributed by atoms with E-state index in [-0.39, 0.29) is 18.0 Å². The van der Waals surface area contributed by atoms with Gasteiger partial charge in [-0.1, -0.05) is 24.3 Å². The van der Waals surface area contributed by atoms with Gasteiger partial charge in [-0.3, -0.25) is 4.79 Å². The maximum absolute atomic E-state index is 11.9. The number of rotatable bonds is 7. The van der Waals surface area contributed by atoms with E-state index in [1.54, 1.807) is 39.0 Å². The fraction of sp³-hybridized carbons (Fsp3) is 0.217. The maximum Gasteiger partial charge on any atom is 0.344 e. The molecule has 0 spiro atoms. The molecule has 10 heteroatoms. The second-order valence-electron chi connectivity index (χ2n) is 8.14. The quantitative estimate of drug-likeness (QED) is 0.470. The number of nitrogens with two attached hydrogens (primary N) is 2. The second-order valence-corrected chi connectivity index (χ2v) is 8.14. The Morgan fingerprint density at radius 2 is 1.73 bits per heavy atom. The minimum absolute atomic E-state index is 0.104. The van der Waals surface area contributed by atoms with Crippen LogP contribution in [0.3, 0.4) is 0 Å². The number of amides is 3. The molecule has 0 aliphatic heterocycles. The Kier molecular flexibility index (Phi) is 6.67. The van der Waals surface area contributed by atoms with E-state index in [2.05, 4.69) is 10.4 Å². The molecule has 0 aliphatic carbocycles. The summed E-state index contributed by atoms with van der Waals surface area (Å²) in [7, 11) is 0. The highest BCUT2D eigenvalue weighted by atomic mass is 16.6. The molecule has 10 nitrogen and oxygen atoms in total. The standard InChI is InChI=1S/C23H25N5O5/c1-23(2,3)33-19(29)13-32-17-6-4-5-15(11-17)14-7-9-16(10-8-14)28-12-18(26-22(25)31)20(27-28)21(24)30/h4-12H,13H2,1-3H3,(H2,24,30)(H3,25,26,31). The summed E-state index contributed by atoms with van der Waals surface area (Å²) in [6.07, 6.45) is 1.45. The molecule has 3 rings (SSSR count). The van der Waals surface area contributed by atoms with Crippen molar-refractivity contribution in [2.75, 3.05) is 11.9 Å². The van der Waals surface area contributed by atoms with Gasteiger partial charge in [-0.15, -0.1) is 0 Å². The number of primary amides is 2. The topological polar surface area (TPSA) is 152 Å². The number of nitrogens with zero attached hydrogens (tertiary/aromatic N) is 2. The summed E-state index contributed by atoms with van der Waals surface area (Å²) in [6.45, 7) is 5.19. The highest BCUT2D eigenvalue weighted by molar-refractivity contribution is 6.00.